The molecule has 0 aliphatic rings. The molecule has 0 aromatic heterocycles. The fraction of sp³-hybridized carbons (Fsp3) is 0.333. The van der Waals surface area contributed by atoms with Crippen molar-refractivity contribution in [2.45, 2.75) is 6.92 Å². The maximum absolute atomic E-state index is 13.3. The molecule has 78 valence electrons. The lowest BCUT2D eigenvalue weighted by Gasteiger charge is -2.20. The van der Waals surface area contributed by atoms with Crippen molar-refractivity contribution in [3.8, 4) is 0 Å². The van der Waals surface area contributed by atoms with E-state index in [1.54, 1.807) is 13.0 Å². The summed E-state index contributed by atoms with van der Waals surface area (Å²) in [7, 11) is -3.40. The quantitative estimate of drug-likeness (QED) is 0.771. The van der Waals surface area contributed by atoms with E-state index in [0.717, 1.165) is 10.6 Å². The van der Waals surface area contributed by atoms with Crippen LogP contribution in [0.4, 0.5) is 10.1 Å². The number of rotatable bonds is 3. The standard InChI is InChI=1S/C9H12FNO2S/c1-3-11(14(2,12)13)9-7-5-4-6-8(9)10/h4-7H,3H2,1-2H3. The molecule has 0 N–H and O–H groups in total. The van der Waals surface area contributed by atoms with Gasteiger partial charge in [0.2, 0.25) is 10.0 Å². The smallest absolute Gasteiger partial charge is 0.232 e. The second-order valence-electron chi connectivity index (χ2n) is 2.88. The highest BCUT2D eigenvalue weighted by molar-refractivity contribution is 7.92. The molecule has 0 atom stereocenters. The Morgan fingerprint density at radius 3 is 2.36 bits per heavy atom. The van der Waals surface area contributed by atoms with Gasteiger partial charge in [-0.3, -0.25) is 4.31 Å². The molecule has 1 aromatic rings. The van der Waals surface area contributed by atoms with Gasteiger partial charge in [0.05, 0.1) is 11.9 Å². The molecule has 0 spiro atoms. The van der Waals surface area contributed by atoms with E-state index in [2.05, 4.69) is 0 Å². The molecule has 0 saturated heterocycles. The van der Waals surface area contributed by atoms with Gasteiger partial charge in [0.1, 0.15) is 5.82 Å². The molecule has 1 aromatic carbocycles. The Balaban J connectivity index is 3.21. The van der Waals surface area contributed by atoms with Crippen LogP contribution >= 0.6 is 0 Å². The first kappa shape index (κ1) is 11.0. The molecular formula is C9H12FNO2S. The Morgan fingerprint density at radius 1 is 1.36 bits per heavy atom. The third kappa shape index (κ3) is 2.23. The molecule has 0 fully saturated rings. The monoisotopic (exact) mass is 217 g/mol. The average molecular weight is 217 g/mol. The number of hydrogen-bond donors (Lipinski definition) is 0. The van der Waals surface area contributed by atoms with Crippen LogP contribution in [0.3, 0.4) is 0 Å². The fourth-order valence-electron chi connectivity index (χ4n) is 1.24. The van der Waals surface area contributed by atoms with Gasteiger partial charge >= 0.3 is 0 Å². The molecule has 0 radical (unpaired) electrons. The second kappa shape index (κ2) is 3.96. The normalized spacial score (nSPS) is 11.4. The lowest BCUT2D eigenvalue weighted by molar-refractivity contribution is 0.591. The Morgan fingerprint density at radius 2 is 1.93 bits per heavy atom. The molecule has 0 saturated carbocycles. The van der Waals surface area contributed by atoms with Gasteiger partial charge in [0.25, 0.3) is 0 Å². The van der Waals surface area contributed by atoms with Crippen molar-refractivity contribution in [2.75, 3.05) is 17.1 Å². The fourth-order valence-corrected chi connectivity index (χ4v) is 2.21. The van der Waals surface area contributed by atoms with E-state index in [4.69, 9.17) is 0 Å². The van der Waals surface area contributed by atoms with E-state index in [1.807, 2.05) is 0 Å². The van der Waals surface area contributed by atoms with Crippen LogP contribution < -0.4 is 4.31 Å². The minimum absolute atomic E-state index is 0.0949. The van der Waals surface area contributed by atoms with E-state index in [1.165, 1.54) is 18.2 Å². The number of anilines is 1. The van der Waals surface area contributed by atoms with E-state index in [0.29, 0.717) is 0 Å². The second-order valence-corrected chi connectivity index (χ2v) is 4.79. The van der Waals surface area contributed by atoms with Crippen molar-refractivity contribution in [1.82, 2.24) is 0 Å². The van der Waals surface area contributed by atoms with Crippen molar-refractivity contribution in [2.24, 2.45) is 0 Å². The first-order valence-corrected chi connectivity index (χ1v) is 6.04. The van der Waals surface area contributed by atoms with Gasteiger partial charge in [-0.05, 0) is 19.1 Å². The molecule has 0 amide bonds. The van der Waals surface area contributed by atoms with Crippen LogP contribution in [-0.4, -0.2) is 21.2 Å². The maximum Gasteiger partial charge on any atom is 0.232 e. The highest BCUT2D eigenvalue weighted by Crippen LogP contribution is 2.20. The lowest BCUT2D eigenvalue weighted by Crippen LogP contribution is -2.30. The molecule has 0 heterocycles. The van der Waals surface area contributed by atoms with Crippen molar-refractivity contribution in [3.05, 3.63) is 30.1 Å². The SMILES string of the molecule is CCN(c1ccccc1F)S(C)(=O)=O. The summed E-state index contributed by atoms with van der Waals surface area (Å²) in [4.78, 5) is 0. The molecule has 0 aliphatic carbocycles. The number of halogens is 1. The van der Waals surface area contributed by atoms with Gasteiger partial charge in [-0.15, -0.1) is 0 Å². The van der Waals surface area contributed by atoms with Crippen molar-refractivity contribution in [1.29, 1.82) is 0 Å². The van der Waals surface area contributed by atoms with E-state index in [9.17, 15) is 12.8 Å². The zero-order valence-corrected chi connectivity index (χ0v) is 8.88. The van der Waals surface area contributed by atoms with Gasteiger partial charge in [-0.1, -0.05) is 12.1 Å². The number of sulfonamides is 1. The highest BCUT2D eigenvalue weighted by atomic mass is 32.2. The van der Waals surface area contributed by atoms with Crippen LogP contribution in [0, 0.1) is 5.82 Å². The van der Waals surface area contributed by atoms with Crippen molar-refractivity contribution in [3.63, 3.8) is 0 Å². The zero-order valence-electron chi connectivity index (χ0n) is 8.07. The van der Waals surface area contributed by atoms with Gasteiger partial charge in [0.15, 0.2) is 0 Å². The summed E-state index contributed by atoms with van der Waals surface area (Å²) >= 11 is 0. The number of hydrogen-bond acceptors (Lipinski definition) is 2. The van der Waals surface area contributed by atoms with Crippen LogP contribution in [0.2, 0.25) is 0 Å². The predicted octanol–water partition coefficient (Wildman–Crippen LogP) is 1.61. The average Bonchev–Trinajstić information content (AvgIpc) is 2.07. The molecule has 0 unspecified atom stereocenters. The molecular weight excluding hydrogens is 205 g/mol. The van der Waals surface area contributed by atoms with Crippen LogP contribution in [0.5, 0.6) is 0 Å². The summed E-state index contributed by atoms with van der Waals surface area (Å²) in [6.45, 7) is 1.88. The number of nitrogens with zero attached hydrogens (tertiary/aromatic N) is 1. The first-order valence-electron chi connectivity index (χ1n) is 4.19. The molecule has 3 nitrogen and oxygen atoms in total. The summed E-state index contributed by atoms with van der Waals surface area (Å²) in [6, 6.07) is 5.81. The summed E-state index contributed by atoms with van der Waals surface area (Å²) in [5.74, 6) is -0.528. The number of para-hydroxylation sites is 1. The number of benzene rings is 1. The van der Waals surface area contributed by atoms with E-state index >= 15 is 0 Å². The molecule has 0 bridgehead atoms. The summed E-state index contributed by atoms with van der Waals surface area (Å²) in [5, 5.41) is 0. The lowest BCUT2D eigenvalue weighted by atomic mass is 10.3. The van der Waals surface area contributed by atoms with Crippen LogP contribution in [-0.2, 0) is 10.0 Å². The van der Waals surface area contributed by atoms with Crippen LogP contribution in [0.15, 0.2) is 24.3 Å². The van der Waals surface area contributed by atoms with E-state index < -0.39 is 15.8 Å². The highest BCUT2D eigenvalue weighted by Gasteiger charge is 2.17. The summed E-state index contributed by atoms with van der Waals surface area (Å²) in [6.07, 6.45) is 1.06. The van der Waals surface area contributed by atoms with Gasteiger partial charge in [-0.25, -0.2) is 12.8 Å². The van der Waals surface area contributed by atoms with Crippen LogP contribution in [0.25, 0.3) is 0 Å². The topological polar surface area (TPSA) is 37.4 Å². The zero-order chi connectivity index (χ0) is 10.8. The van der Waals surface area contributed by atoms with Gasteiger partial charge < -0.3 is 0 Å². The first-order chi connectivity index (χ1) is 6.46. The summed E-state index contributed by atoms with van der Waals surface area (Å²) in [5.41, 5.74) is 0.0949. The Hall–Kier alpha value is -1.10. The third-order valence-electron chi connectivity index (χ3n) is 1.81. The molecule has 0 aliphatic heterocycles. The van der Waals surface area contributed by atoms with Crippen molar-refractivity contribution >= 4 is 15.7 Å². The molecule has 14 heavy (non-hydrogen) atoms. The largest absolute Gasteiger partial charge is 0.268 e. The molecule has 1 rings (SSSR count). The molecule has 5 heteroatoms. The van der Waals surface area contributed by atoms with Gasteiger partial charge in [-0.2, -0.15) is 0 Å². The van der Waals surface area contributed by atoms with E-state index in [-0.39, 0.29) is 12.2 Å². The minimum atomic E-state index is -3.40. The minimum Gasteiger partial charge on any atom is -0.268 e. The van der Waals surface area contributed by atoms with Gasteiger partial charge in [0, 0.05) is 6.54 Å². The Kier molecular flexibility index (Phi) is 3.10. The Labute approximate surface area is 83.2 Å². The Bertz CT molecular complexity index is 417. The van der Waals surface area contributed by atoms with Crippen LogP contribution in [0.1, 0.15) is 6.92 Å². The third-order valence-corrected chi connectivity index (χ3v) is 3.06. The van der Waals surface area contributed by atoms with Crippen molar-refractivity contribution < 1.29 is 12.8 Å². The summed E-state index contributed by atoms with van der Waals surface area (Å²) < 4.78 is 36.8. The predicted molar refractivity (Wildman–Crippen MR) is 54.3 cm³/mol. The maximum atomic E-state index is 13.3.